The van der Waals surface area contributed by atoms with Gasteiger partial charge >= 0.3 is 0 Å². The highest BCUT2D eigenvalue weighted by atomic mass is 32.2. The first-order valence-corrected chi connectivity index (χ1v) is 11.0. The standard InChI is InChI=1S/C19H29N3O5S/c1-15-4-6-18(7-5-15)26-14-19(23)20-8-10-21(11-9-20)28(24,25)22-12-16(2)27-17(3)13-22/h4-7,16-17H,8-14H2,1-3H3. The zero-order valence-corrected chi connectivity index (χ0v) is 17.5. The van der Waals surface area contributed by atoms with Gasteiger partial charge in [0, 0.05) is 39.3 Å². The minimum atomic E-state index is -3.54. The Hall–Kier alpha value is -1.68. The normalized spacial score (nSPS) is 24.9. The molecule has 0 bridgehead atoms. The zero-order valence-electron chi connectivity index (χ0n) is 16.7. The van der Waals surface area contributed by atoms with Crippen LogP contribution < -0.4 is 4.74 Å². The number of ether oxygens (including phenoxy) is 2. The summed E-state index contributed by atoms with van der Waals surface area (Å²) in [7, 11) is -3.54. The molecule has 156 valence electrons. The second kappa shape index (κ2) is 8.77. The molecule has 28 heavy (non-hydrogen) atoms. The Bertz CT molecular complexity index is 765. The average molecular weight is 412 g/mol. The van der Waals surface area contributed by atoms with Gasteiger partial charge in [-0.15, -0.1) is 0 Å². The number of rotatable bonds is 5. The lowest BCUT2D eigenvalue weighted by molar-refractivity contribution is -0.134. The summed E-state index contributed by atoms with van der Waals surface area (Å²) in [5.74, 6) is 0.516. The van der Waals surface area contributed by atoms with Gasteiger partial charge in [-0.05, 0) is 32.9 Å². The highest BCUT2D eigenvalue weighted by Crippen LogP contribution is 2.19. The summed E-state index contributed by atoms with van der Waals surface area (Å²) in [4.78, 5) is 14.0. The van der Waals surface area contributed by atoms with Gasteiger partial charge in [0.15, 0.2) is 6.61 Å². The van der Waals surface area contributed by atoms with Crippen molar-refractivity contribution in [2.75, 3.05) is 45.9 Å². The van der Waals surface area contributed by atoms with Gasteiger partial charge in [0.2, 0.25) is 0 Å². The third-order valence-corrected chi connectivity index (χ3v) is 6.98. The molecule has 2 aliphatic rings. The van der Waals surface area contributed by atoms with E-state index in [0.29, 0.717) is 45.0 Å². The van der Waals surface area contributed by atoms with E-state index in [9.17, 15) is 13.2 Å². The number of morpholine rings is 1. The molecule has 0 spiro atoms. The van der Waals surface area contributed by atoms with Crippen LogP contribution in [0.15, 0.2) is 24.3 Å². The van der Waals surface area contributed by atoms with Crippen LogP contribution in [0.1, 0.15) is 19.4 Å². The Morgan fingerprint density at radius 1 is 1.04 bits per heavy atom. The molecule has 2 atom stereocenters. The average Bonchev–Trinajstić information content (AvgIpc) is 2.66. The van der Waals surface area contributed by atoms with E-state index in [0.717, 1.165) is 5.56 Å². The summed E-state index contributed by atoms with van der Waals surface area (Å²) < 4.78 is 39.9. The number of carbonyl (C=O) groups is 1. The maximum atomic E-state index is 12.9. The molecule has 0 radical (unpaired) electrons. The largest absolute Gasteiger partial charge is 0.484 e. The molecular weight excluding hydrogens is 382 g/mol. The third-order valence-electron chi connectivity index (χ3n) is 5.01. The van der Waals surface area contributed by atoms with E-state index < -0.39 is 10.2 Å². The minimum Gasteiger partial charge on any atom is -0.484 e. The Labute approximate surface area is 167 Å². The van der Waals surface area contributed by atoms with Gasteiger partial charge in [-0.3, -0.25) is 4.79 Å². The van der Waals surface area contributed by atoms with Crippen molar-refractivity contribution in [2.45, 2.75) is 33.0 Å². The molecule has 8 nitrogen and oxygen atoms in total. The Kier molecular flexibility index (Phi) is 6.59. The molecule has 0 aromatic heterocycles. The fourth-order valence-corrected chi connectivity index (χ4v) is 5.27. The third kappa shape index (κ3) is 5.02. The summed E-state index contributed by atoms with van der Waals surface area (Å²) >= 11 is 0. The second-order valence-electron chi connectivity index (χ2n) is 7.46. The first-order valence-electron chi connectivity index (χ1n) is 9.63. The topological polar surface area (TPSA) is 79.4 Å². The highest BCUT2D eigenvalue weighted by Gasteiger charge is 2.37. The van der Waals surface area contributed by atoms with E-state index in [-0.39, 0.29) is 24.7 Å². The van der Waals surface area contributed by atoms with Gasteiger partial charge in [0.05, 0.1) is 12.2 Å². The monoisotopic (exact) mass is 411 g/mol. The molecule has 0 aliphatic carbocycles. The lowest BCUT2D eigenvalue weighted by atomic mass is 10.2. The summed E-state index contributed by atoms with van der Waals surface area (Å²) in [6.07, 6.45) is -0.249. The number of hydrogen-bond acceptors (Lipinski definition) is 5. The number of nitrogens with zero attached hydrogens (tertiary/aromatic N) is 3. The molecule has 2 heterocycles. The molecule has 0 N–H and O–H groups in total. The SMILES string of the molecule is Cc1ccc(OCC(=O)N2CCN(S(=O)(=O)N3CC(C)OC(C)C3)CC2)cc1. The second-order valence-corrected chi connectivity index (χ2v) is 9.39. The minimum absolute atomic E-state index is 0.0473. The molecular formula is C19H29N3O5S. The van der Waals surface area contributed by atoms with Crippen molar-refractivity contribution in [1.29, 1.82) is 0 Å². The quantitative estimate of drug-likeness (QED) is 0.718. The van der Waals surface area contributed by atoms with Crippen LogP contribution in [-0.4, -0.2) is 85.9 Å². The predicted octanol–water partition coefficient (Wildman–Crippen LogP) is 0.872. The molecule has 0 saturated carbocycles. The molecule has 1 amide bonds. The number of hydrogen-bond donors (Lipinski definition) is 0. The van der Waals surface area contributed by atoms with Crippen molar-refractivity contribution >= 4 is 16.1 Å². The van der Waals surface area contributed by atoms with Gasteiger partial charge < -0.3 is 14.4 Å². The molecule has 2 unspecified atom stereocenters. The van der Waals surface area contributed by atoms with Crippen LogP contribution in [0.25, 0.3) is 0 Å². The van der Waals surface area contributed by atoms with Crippen molar-refractivity contribution in [3.8, 4) is 5.75 Å². The molecule has 9 heteroatoms. The smallest absolute Gasteiger partial charge is 0.282 e. The number of piperazine rings is 1. The van der Waals surface area contributed by atoms with Crippen LogP contribution in [0, 0.1) is 6.92 Å². The fraction of sp³-hybridized carbons (Fsp3) is 0.632. The molecule has 2 aliphatic heterocycles. The van der Waals surface area contributed by atoms with E-state index >= 15 is 0 Å². The Balaban J connectivity index is 1.50. The van der Waals surface area contributed by atoms with Crippen molar-refractivity contribution < 1.29 is 22.7 Å². The van der Waals surface area contributed by atoms with Crippen molar-refractivity contribution in [3.63, 3.8) is 0 Å². The lowest BCUT2D eigenvalue weighted by Crippen LogP contribution is -2.58. The van der Waals surface area contributed by atoms with Gasteiger partial charge in [0.25, 0.3) is 16.1 Å². The van der Waals surface area contributed by atoms with E-state index in [1.54, 1.807) is 4.90 Å². The van der Waals surface area contributed by atoms with Crippen molar-refractivity contribution in [1.82, 2.24) is 13.5 Å². The number of aryl methyl sites for hydroxylation is 1. The van der Waals surface area contributed by atoms with Crippen LogP contribution in [0.2, 0.25) is 0 Å². The lowest BCUT2D eigenvalue weighted by Gasteiger charge is -2.40. The van der Waals surface area contributed by atoms with Gasteiger partial charge in [-0.25, -0.2) is 0 Å². The van der Waals surface area contributed by atoms with Crippen molar-refractivity contribution in [2.24, 2.45) is 0 Å². The molecule has 3 rings (SSSR count). The first kappa shape index (κ1) is 21.0. The maximum absolute atomic E-state index is 12.9. The van der Waals surface area contributed by atoms with Gasteiger partial charge in [-0.1, -0.05) is 17.7 Å². The molecule has 1 aromatic carbocycles. The van der Waals surface area contributed by atoms with Crippen LogP contribution in [0.4, 0.5) is 0 Å². The number of carbonyl (C=O) groups excluding carboxylic acids is 1. The van der Waals surface area contributed by atoms with E-state index in [2.05, 4.69) is 0 Å². The number of benzene rings is 1. The molecule has 1 aromatic rings. The maximum Gasteiger partial charge on any atom is 0.282 e. The van der Waals surface area contributed by atoms with Gasteiger partial charge in [-0.2, -0.15) is 17.0 Å². The van der Waals surface area contributed by atoms with Crippen molar-refractivity contribution in [3.05, 3.63) is 29.8 Å². The fourth-order valence-electron chi connectivity index (χ4n) is 3.52. The van der Waals surface area contributed by atoms with E-state index in [1.165, 1.54) is 8.61 Å². The Morgan fingerprint density at radius 2 is 1.61 bits per heavy atom. The molecule has 2 saturated heterocycles. The van der Waals surface area contributed by atoms with Crippen LogP contribution >= 0.6 is 0 Å². The van der Waals surface area contributed by atoms with E-state index in [4.69, 9.17) is 9.47 Å². The predicted molar refractivity (Wildman–Crippen MR) is 105 cm³/mol. The first-order chi connectivity index (χ1) is 13.3. The summed E-state index contributed by atoms with van der Waals surface area (Å²) in [5, 5.41) is 0. The van der Waals surface area contributed by atoms with Crippen LogP contribution in [-0.2, 0) is 19.7 Å². The van der Waals surface area contributed by atoms with Gasteiger partial charge in [0.1, 0.15) is 5.75 Å². The zero-order chi connectivity index (χ0) is 20.3. The van der Waals surface area contributed by atoms with E-state index in [1.807, 2.05) is 45.0 Å². The van der Waals surface area contributed by atoms with Crippen LogP contribution in [0.3, 0.4) is 0 Å². The highest BCUT2D eigenvalue weighted by molar-refractivity contribution is 7.86. The Morgan fingerprint density at radius 3 is 2.18 bits per heavy atom. The summed E-state index contributed by atoms with van der Waals surface area (Å²) in [5.41, 5.74) is 1.13. The summed E-state index contributed by atoms with van der Waals surface area (Å²) in [6, 6.07) is 7.52. The molecule has 2 fully saturated rings. The number of amides is 1. The summed E-state index contributed by atoms with van der Waals surface area (Å²) in [6.45, 7) is 7.72. The van der Waals surface area contributed by atoms with Crippen LogP contribution in [0.5, 0.6) is 5.75 Å².